The van der Waals surface area contributed by atoms with Crippen molar-refractivity contribution in [1.29, 1.82) is 0 Å². The minimum Gasteiger partial charge on any atom is -0.379 e. The van der Waals surface area contributed by atoms with E-state index in [1.165, 1.54) is 0 Å². The summed E-state index contributed by atoms with van der Waals surface area (Å²) in [6.07, 6.45) is 0.787. The first-order valence-electron chi connectivity index (χ1n) is 6.93. The lowest BCUT2D eigenvalue weighted by molar-refractivity contribution is -0.152. The number of hydrogen-bond acceptors (Lipinski definition) is 3. The molecule has 0 aromatic heterocycles. The Bertz CT molecular complexity index is 511. The summed E-state index contributed by atoms with van der Waals surface area (Å²) in [6, 6.07) is 8.41. The fourth-order valence-corrected chi connectivity index (χ4v) is 2.91. The SMILES string of the molecule is CC1NC(=O)C(c2ccccc2)N(C2CCOC2)C1=O. The van der Waals surface area contributed by atoms with Gasteiger partial charge in [-0.1, -0.05) is 30.3 Å². The third-order valence-electron chi connectivity index (χ3n) is 3.92. The summed E-state index contributed by atoms with van der Waals surface area (Å²) < 4.78 is 5.39. The van der Waals surface area contributed by atoms with E-state index in [1.54, 1.807) is 11.8 Å². The van der Waals surface area contributed by atoms with Gasteiger partial charge in [0, 0.05) is 6.61 Å². The van der Waals surface area contributed by atoms with Gasteiger partial charge in [-0.15, -0.1) is 0 Å². The summed E-state index contributed by atoms with van der Waals surface area (Å²) in [4.78, 5) is 26.6. The van der Waals surface area contributed by atoms with Gasteiger partial charge < -0.3 is 15.0 Å². The molecule has 1 aromatic carbocycles. The fourth-order valence-electron chi connectivity index (χ4n) is 2.91. The van der Waals surface area contributed by atoms with Crippen LogP contribution in [0, 0.1) is 0 Å². The first kappa shape index (κ1) is 13.1. The molecule has 20 heavy (non-hydrogen) atoms. The van der Waals surface area contributed by atoms with Gasteiger partial charge in [-0.3, -0.25) is 9.59 Å². The molecular weight excluding hydrogens is 256 g/mol. The Kier molecular flexibility index (Phi) is 3.44. The molecule has 2 fully saturated rings. The fraction of sp³-hybridized carbons (Fsp3) is 0.467. The average Bonchev–Trinajstić information content (AvgIpc) is 2.97. The number of nitrogens with one attached hydrogen (secondary N) is 1. The number of benzene rings is 1. The molecule has 0 spiro atoms. The van der Waals surface area contributed by atoms with Gasteiger partial charge in [0.1, 0.15) is 12.1 Å². The van der Waals surface area contributed by atoms with Crippen molar-refractivity contribution in [2.75, 3.05) is 13.2 Å². The quantitative estimate of drug-likeness (QED) is 0.870. The van der Waals surface area contributed by atoms with E-state index in [-0.39, 0.29) is 17.9 Å². The predicted molar refractivity (Wildman–Crippen MR) is 72.9 cm³/mol. The molecule has 5 nitrogen and oxygen atoms in total. The second kappa shape index (κ2) is 5.25. The molecule has 2 aliphatic rings. The van der Waals surface area contributed by atoms with Crippen LogP contribution in [0.15, 0.2) is 30.3 Å². The van der Waals surface area contributed by atoms with E-state index in [1.807, 2.05) is 30.3 Å². The van der Waals surface area contributed by atoms with Crippen LogP contribution in [-0.2, 0) is 14.3 Å². The van der Waals surface area contributed by atoms with Crippen LogP contribution in [0.4, 0.5) is 0 Å². The van der Waals surface area contributed by atoms with Crippen molar-refractivity contribution in [3.8, 4) is 0 Å². The maximum Gasteiger partial charge on any atom is 0.248 e. The third kappa shape index (κ3) is 2.18. The van der Waals surface area contributed by atoms with Gasteiger partial charge in [-0.05, 0) is 18.9 Å². The highest BCUT2D eigenvalue weighted by molar-refractivity contribution is 5.97. The predicted octanol–water partition coefficient (Wildman–Crippen LogP) is 0.863. The van der Waals surface area contributed by atoms with Crippen LogP contribution in [-0.4, -0.2) is 42.0 Å². The highest BCUT2D eigenvalue weighted by Crippen LogP contribution is 2.30. The molecule has 2 amide bonds. The number of carbonyl (C=O) groups is 2. The summed E-state index contributed by atoms with van der Waals surface area (Å²) in [5, 5.41) is 2.76. The molecule has 3 unspecified atom stereocenters. The van der Waals surface area contributed by atoms with Crippen LogP contribution in [0.3, 0.4) is 0 Å². The summed E-state index contributed by atoms with van der Waals surface area (Å²) in [5.41, 5.74) is 0.845. The van der Waals surface area contributed by atoms with Crippen LogP contribution >= 0.6 is 0 Å². The Balaban J connectivity index is 1.98. The van der Waals surface area contributed by atoms with Gasteiger partial charge in [-0.25, -0.2) is 0 Å². The summed E-state index contributed by atoms with van der Waals surface area (Å²) in [5.74, 6) is -0.149. The van der Waals surface area contributed by atoms with Gasteiger partial charge in [0.2, 0.25) is 11.8 Å². The lowest BCUT2D eigenvalue weighted by atomic mass is 9.97. The van der Waals surface area contributed by atoms with E-state index in [4.69, 9.17) is 4.74 Å². The Hall–Kier alpha value is -1.88. The monoisotopic (exact) mass is 274 g/mol. The normalized spacial score (nSPS) is 30.4. The van der Waals surface area contributed by atoms with Crippen LogP contribution < -0.4 is 5.32 Å². The van der Waals surface area contributed by atoms with E-state index in [0.717, 1.165) is 12.0 Å². The molecule has 2 heterocycles. The van der Waals surface area contributed by atoms with Gasteiger partial charge >= 0.3 is 0 Å². The molecule has 5 heteroatoms. The highest BCUT2D eigenvalue weighted by Gasteiger charge is 2.43. The lowest BCUT2D eigenvalue weighted by Gasteiger charge is -2.41. The van der Waals surface area contributed by atoms with Crippen LogP contribution in [0.25, 0.3) is 0 Å². The number of piperazine rings is 1. The standard InChI is InChI=1S/C15H18N2O3/c1-10-15(19)17(12-7-8-20-9-12)13(14(18)16-10)11-5-3-2-4-6-11/h2-6,10,12-13H,7-9H2,1H3,(H,16,18). The van der Waals surface area contributed by atoms with Crippen molar-refractivity contribution in [2.24, 2.45) is 0 Å². The highest BCUT2D eigenvalue weighted by atomic mass is 16.5. The van der Waals surface area contributed by atoms with Crippen LogP contribution in [0.1, 0.15) is 24.9 Å². The van der Waals surface area contributed by atoms with E-state index in [0.29, 0.717) is 13.2 Å². The molecule has 0 bridgehead atoms. The molecule has 1 N–H and O–H groups in total. The van der Waals surface area contributed by atoms with Gasteiger partial charge in [-0.2, -0.15) is 0 Å². The Morgan fingerprint density at radius 3 is 2.65 bits per heavy atom. The number of rotatable bonds is 2. The first-order valence-corrected chi connectivity index (χ1v) is 6.93. The molecule has 1 aromatic rings. The van der Waals surface area contributed by atoms with Crippen LogP contribution in [0.2, 0.25) is 0 Å². The molecule has 3 atom stereocenters. The second-order valence-corrected chi connectivity index (χ2v) is 5.31. The summed E-state index contributed by atoms with van der Waals surface area (Å²) >= 11 is 0. The van der Waals surface area contributed by atoms with Gasteiger partial charge in [0.15, 0.2) is 0 Å². The average molecular weight is 274 g/mol. The number of ether oxygens (including phenoxy) is 1. The zero-order valence-corrected chi connectivity index (χ0v) is 11.4. The van der Waals surface area contributed by atoms with Gasteiger partial charge in [0.25, 0.3) is 0 Å². The second-order valence-electron chi connectivity index (χ2n) is 5.31. The number of amides is 2. The van der Waals surface area contributed by atoms with Crippen molar-refractivity contribution < 1.29 is 14.3 Å². The number of hydrogen-bond donors (Lipinski definition) is 1. The van der Waals surface area contributed by atoms with Crippen molar-refractivity contribution in [1.82, 2.24) is 10.2 Å². The molecule has 0 aliphatic carbocycles. The Morgan fingerprint density at radius 2 is 2.00 bits per heavy atom. The van der Waals surface area contributed by atoms with Crippen molar-refractivity contribution >= 4 is 11.8 Å². The molecule has 0 radical (unpaired) electrons. The van der Waals surface area contributed by atoms with E-state index >= 15 is 0 Å². The van der Waals surface area contributed by atoms with Crippen molar-refractivity contribution in [3.63, 3.8) is 0 Å². The first-order chi connectivity index (χ1) is 9.68. The minimum atomic E-state index is -0.549. The zero-order chi connectivity index (χ0) is 14.1. The van der Waals surface area contributed by atoms with Crippen molar-refractivity contribution in [3.05, 3.63) is 35.9 Å². The summed E-state index contributed by atoms with van der Waals surface area (Å²) in [7, 11) is 0. The molecule has 2 saturated heterocycles. The number of carbonyl (C=O) groups excluding carboxylic acids is 2. The summed E-state index contributed by atoms with van der Waals surface area (Å²) in [6.45, 7) is 2.88. The molecule has 0 saturated carbocycles. The van der Waals surface area contributed by atoms with E-state index < -0.39 is 12.1 Å². The van der Waals surface area contributed by atoms with Gasteiger partial charge in [0.05, 0.1) is 12.6 Å². The van der Waals surface area contributed by atoms with E-state index in [2.05, 4.69) is 5.32 Å². The Labute approximate surface area is 117 Å². The topological polar surface area (TPSA) is 58.6 Å². The molecule has 2 aliphatic heterocycles. The molecule has 3 rings (SSSR count). The maximum atomic E-state index is 12.5. The lowest BCUT2D eigenvalue weighted by Crippen LogP contribution is -2.61. The largest absolute Gasteiger partial charge is 0.379 e. The van der Waals surface area contributed by atoms with Crippen LogP contribution in [0.5, 0.6) is 0 Å². The maximum absolute atomic E-state index is 12.5. The number of nitrogens with zero attached hydrogens (tertiary/aromatic N) is 1. The van der Waals surface area contributed by atoms with E-state index in [9.17, 15) is 9.59 Å². The third-order valence-corrected chi connectivity index (χ3v) is 3.92. The van der Waals surface area contributed by atoms with Crippen molar-refractivity contribution in [2.45, 2.75) is 31.5 Å². The Morgan fingerprint density at radius 1 is 1.25 bits per heavy atom. The minimum absolute atomic E-state index is 0.0128. The molecular formula is C15H18N2O3. The zero-order valence-electron chi connectivity index (χ0n) is 11.4. The smallest absolute Gasteiger partial charge is 0.248 e. The molecule has 106 valence electrons.